The summed E-state index contributed by atoms with van der Waals surface area (Å²) in [7, 11) is 0. The molecule has 0 spiro atoms. The van der Waals surface area contributed by atoms with Crippen molar-refractivity contribution in [3.63, 3.8) is 0 Å². The van der Waals surface area contributed by atoms with Gasteiger partial charge in [0.25, 0.3) is 0 Å². The van der Waals surface area contributed by atoms with Crippen LogP contribution in [-0.4, -0.2) is 28.8 Å². The van der Waals surface area contributed by atoms with Crippen molar-refractivity contribution in [3.05, 3.63) is 28.8 Å². The van der Waals surface area contributed by atoms with Gasteiger partial charge in [-0.15, -0.1) is 11.3 Å². The number of aromatic nitrogens is 1. The Morgan fingerprint density at radius 2 is 2.00 bits per heavy atom. The minimum Gasteiger partial charge on any atom is -0.354 e. The van der Waals surface area contributed by atoms with Crippen molar-refractivity contribution >= 4 is 33.2 Å². The average molecular weight is 416 g/mol. The van der Waals surface area contributed by atoms with Gasteiger partial charge in [0.05, 0.1) is 20.8 Å². The molecule has 1 aromatic carbocycles. The summed E-state index contributed by atoms with van der Waals surface area (Å²) >= 11 is 1.69. The summed E-state index contributed by atoms with van der Waals surface area (Å²) in [6.07, 6.45) is 5.17. The first-order valence-corrected chi connectivity index (χ1v) is 11.6. The highest BCUT2D eigenvalue weighted by Crippen LogP contribution is 2.29. The fraction of sp³-hybridized carbons (Fsp3) is 0.609. The van der Waals surface area contributed by atoms with Crippen molar-refractivity contribution < 1.29 is 9.59 Å². The molecule has 0 unspecified atom stereocenters. The number of carbonyl (C=O) groups excluding carboxylic acids is 2. The van der Waals surface area contributed by atoms with Crippen LogP contribution >= 0.6 is 11.3 Å². The van der Waals surface area contributed by atoms with Gasteiger partial charge in [0, 0.05) is 25.8 Å². The number of nitrogens with two attached hydrogens (primary N) is 1. The summed E-state index contributed by atoms with van der Waals surface area (Å²) in [5.41, 5.74) is 7.85. The van der Waals surface area contributed by atoms with Crippen LogP contribution in [-0.2, 0) is 16.0 Å². The van der Waals surface area contributed by atoms with Crippen LogP contribution < -0.4 is 11.1 Å². The van der Waals surface area contributed by atoms with E-state index >= 15 is 0 Å². The lowest BCUT2D eigenvalue weighted by Crippen LogP contribution is -2.52. The summed E-state index contributed by atoms with van der Waals surface area (Å²) in [5, 5.41) is 4.05. The molecule has 1 amide bonds. The molecule has 1 aromatic heterocycles. The zero-order valence-corrected chi connectivity index (χ0v) is 18.6. The Morgan fingerprint density at radius 3 is 2.66 bits per heavy atom. The molecule has 0 aliphatic heterocycles. The second-order valence-electron chi connectivity index (χ2n) is 8.73. The molecule has 5 nitrogen and oxygen atoms in total. The van der Waals surface area contributed by atoms with Gasteiger partial charge in [0.1, 0.15) is 5.78 Å². The Balaban J connectivity index is 1.70. The largest absolute Gasteiger partial charge is 0.354 e. The Kier molecular flexibility index (Phi) is 7.06. The molecule has 1 aliphatic rings. The van der Waals surface area contributed by atoms with E-state index in [4.69, 9.17) is 10.7 Å². The topological polar surface area (TPSA) is 85.1 Å². The van der Waals surface area contributed by atoms with Gasteiger partial charge in [-0.3, -0.25) is 9.59 Å². The van der Waals surface area contributed by atoms with Crippen molar-refractivity contribution in [2.24, 2.45) is 11.7 Å². The number of nitrogens with one attached hydrogen (secondary N) is 1. The highest BCUT2D eigenvalue weighted by Gasteiger charge is 2.37. The molecule has 3 N–H and O–H groups in total. The number of fused-ring (bicyclic) bond motifs is 1. The van der Waals surface area contributed by atoms with E-state index in [1.807, 2.05) is 6.92 Å². The minimum absolute atomic E-state index is 0.0431. The number of nitrogens with zero attached hydrogens (tertiary/aromatic N) is 1. The fourth-order valence-electron chi connectivity index (χ4n) is 4.01. The standard InChI is InChI=1S/C23H33N3O2S/c1-4-18(27)11-16(14-25-22(28)23(24)9-5-6-10-23)12-21-26-19-8-7-17(15(2)3)13-20(19)29-21/h7-8,13,15-16H,4-6,9-12,14,24H2,1-3H3,(H,25,28)/t16-/m0/s1. The van der Waals surface area contributed by atoms with Crippen LogP contribution in [0.25, 0.3) is 10.2 Å². The third kappa shape index (κ3) is 5.43. The highest BCUT2D eigenvalue weighted by molar-refractivity contribution is 7.18. The molecule has 3 rings (SSSR count). The molecule has 2 aromatic rings. The molecule has 6 heteroatoms. The predicted octanol–water partition coefficient (Wildman–Crippen LogP) is 4.34. The number of hydrogen-bond acceptors (Lipinski definition) is 5. The van der Waals surface area contributed by atoms with Gasteiger partial charge in [-0.1, -0.05) is 39.7 Å². The quantitative estimate of drug-likeness (QED) is 0.638. The second kappa shape index (κ2) is 9.35. The van der Waals surface area contributed by atoms with Gasteiger partial charge in [-0.05, 0) is 42.4 Å². The van der Waals surface area contributed by atoms with Crippen molar-refractivity contribution in [1.82, 2.24) is 10.3 Å². The van der Waals surface area contributed by atoms with Crippen molar-refractivity contribution in [2.75, 3.05) is 6.54 Å². The van der Waals surface area contributed by atoms with Gasteiger partial charge >= 0.3 is 0 Å². The van der Waals surface area contributed by atoms with Crippen LogP contribution in [0.1, 0.15) is 75.8 Å². The van der Waals surface area contributed by atoms with Gasteiger partial charge < -0.3 is 11.1 Å². The molecule has 0 saturated heterocycles. The van der Waals surface area contributed by atoms with Gasteiger partial charge in [0.2, 0.25) is 5.91 Å². The van der Waals surface area contributed by atoms with Crippen LogP contribution in [0.4, 0.5) is 0 Å². The van der Waals surface area contributed by atoms with E-state index < -0.39 is 5.54 Å². The zero-order chi connectivity index (χ0) is 21.0. The van der Waals surface area contributed by atoms with E-state index in [0.717, 1.165) is 36.2 Å². The maximum atomic E-state index is 12.6. The molecule has 0 radical (unpaired) electrons. The SMILES string of the molecule is CCC(=O)C[C@H](CNC(=O)C1(N)CCCC1)Cc1nc2ccc(C(C)C)cc2s1. The van der Waals surface area contributed by atoms with Crippen LogP contribution in [0.2, 0.25) is 0 Å². The van der Waals surface area contributed by atoms with E-state index in [0.29, 0.717) is 31.7 Å². The maximum absolute atomic E-state index is 12.6. The first-order valence-electron chi connectivity index (χ1n) is 10.8. The maximum Gasteiger partial charge on any atom is 0.240 e. The number of benzene rings is 1. The number of ketones is 1. The Morgan fingerprint density at radius 1 is 1.28 bits per heavy atom. The minimum atomic E-state index is -0.734. The first-order chi connectivity index (χ1) is 13.8. The zero-order valence-electron chi connectivity index (χ0n) is 17.8. The third-order valence-corrected chi connectivity index (χ3v) is 7.04. The van der Waals surface area contributed by atoms with Gasteiger partial charge in [-0.2, -0.15) is 0 Å². The van der Waals surface area contributed by atoms with Crippen LogP contribution in [0.15, 0.2) is 18.2 Å². The van der Waals surface area contributed by atoms with Gasteiger partial charge in [0.15, 0.2) is 0 Å². The highest BCUT2D eigenvalue weighted by atomic mass is 32.1. The molecule has 158 valence electrons. The summed E-state index contributed by atoms with van der Waals surface area (Å²) in [4.78, 5) is 29.5. The molecule has 1 aliphatic carbocycles. The number of Topliss-reactive ketones (excluding diaryl/α,β-unsaturated/α-hetero) is 1. The summed E-state index contributed by atoms with van der Waals surface area (Å²) in [6, 6.07) is 6.43. The molecule has 1 saturated carbocycles. The van der Waals surface area contributed by atoms with Crippen LogP contribution in [0.3, 0.4) is 0 Å². The third-order valence-electron chi connectivity index (χ3n) is 6.00. The van der Waals surface area contributed by atoms with Gasteiger partial charge in [-0.25, -0.2) is 4.98 Å². The Bertz CT molecular complexity index is 868. The van der Waals surface area contributed by atoms with E-state index in [-0.39, 0.29) is 17.6 Å². The number of amides is 1. The Labute approximate surface area is 177 Å². The number of hydrogen-bond donors (Lipinski definition) is 2. The number of carbonyl (C=O) groups is 2. The summed E-state index contributed by atoms with van der Waals surface area (Å²) < 4.78 is 1.18. The fourth-order valence-corrected chi connectivity index (χ4v) is 5.14. The number of rotatable bonds is 9. The lowest BCUT2D eigenvalue weighted by Gasteiger charge is -2.24. The predicted molar refractivity (Wildman–Crippen MR) is 119 cm³/mol. The second-order valence-corrected chi connectivity index (χ2v) is 9.84. The molecule has 1 heterocycles. The summed E-state index contributed by atoms with van der Waals surface area (Å²) in [5.74, 6) is 0.668. The normalized spacial score (nSPS) is 17.0. The monoisotopic (exact) mass is 415 g/mol. The molecular formula is C23H33N3O2S. The Hall–Kier alpha value is -1.79. The lowest BCUT2D eigenvalue weighted by molar-refractivity contribution is -0.127. The van der Waals surface area contributed by atoms with Crippen molar-refractivity contribution in [3.8, 4) is 0 Å². The molecular weight excluding hydrogens is 382 g/mol. The average Bonchev–Trinajstić information content (AvgIpc) is 3.31. The smallest absolute Gasteiger partial charge is 0.240 e. The van der Waals surface area contributed by atoms with Crippen LogP contribution in [0.5, 0.6) is 0 Å². The van der Waals surface area contributed by atoms with E-state index in [2.05, 4.69) is 37.4 Å². The summed E-state index contributed by atoms with van der Waals surface area (Å²) in [6.45, 7) is 6.73. The van der Waals surface area contributed by atoms with Crippen molar-refractivity contribution in [2.45, 2.75) is 77.2 Å². The van der Waals surface area contributed by atoms with Crippen molar-refractivity contribution in [1.29, 1.82) is 0 Å². The lowest BCUT2D eigenvalue weighted by atomic mass is 9.95. The molecule has 1 fully saturated rings. The van der Waals surface area contributed by atoms with E-state index in [1.165, 1.54) is 10.3 Å². The van der Waals surface area contributed by atoms with E-state index in [9.17, 15) is 9.59 Å². The van der Waals surface area contributed by atoms with Crippen LogP contribution in [0, 0.1) is 5.92 Å². The molecule has 29 heavy (non-hydrogen) atoms. The first kappa shape index (κ1) is 21.9. The molecule has 1 atom stereocenters. The number of thiazole rings is 1. The van der Waals surface area contributed by atoms with E-state index in [1.54, 1.807) is 11.3 Å². The molecule has 0 bridgehead atoms.